The van der Waals surface area contributed by atoms with E-state index in [9.17, 15) is 13.2 Å². The van der Waals surface area contributed by atoms with Crippen molar-refractivity contribution < 1.29 is 22.8 Å². The maximum Gasteiger partial charge on any atom is 0.339 e. The number of hydrogen-bond acceptors (Lipinski definition) is 6. The quantitative estimate of drug-likeness (QED) is 0.408. The molecule has 0 fully saturated rings. The fraction of sp³-hybridized carbons (Fsp3) is 0.176. The van der Waals surface area contributed by atoms with Crippen molar-refractivity contribution in [3.63, 3.8) is 0 Å². The molecule has 138 valence electrons. The number of benzene rings is 2. The van der Waals surface area contributed by atoms with Gasteiger partial charge in [-0.05, 0) is 24.3 Å². The minimum absolute atomic E-state index is 0.0611. The molecule has 0 aliphatic rings. The minimum atomic E-state index is -3.95. The van der Waals surface area contributed by atoms with Crippen molar-refractivity contribution in [1.29, 1.82) is 0 Å². The van der Waals surface area contributed by atoms with E-state index in [0.717, 1.165) is 0 Å². The molecule has 0 aliphatic carbocycles. The molecule has 0 atom stereocenters. The molecular weight excluding hydrogens is 401 g/mol. The Labute approximate surface area is 161 Å². The SMILES string of the molecule is CO/N=C(\CS(=O)(=O)c1ccccc1C(=O)OC)c1ccc(Cl)cc1Cl. The summed E-state index contributed by atoms with van der Waals surface area (Å²) >= 11 is 12.0. The van der Waals surface area contributed by atoms with Gasteiger partial charge in [0.2, 0.25) is 0 Å². The van der Waals surface area contributed by atoms with Gasteiger partial charge in [0.1, 0.15) is 18.6 Å². The molecule has 0 unspecified atom stereocenters. The van der Waals surface area contributed by atoms with Crippen LogP contribution in [0, 0.1) is 0 Å². The second-order valence-electron chi connectivity index (χ2n) is 5.09. The lowest BCUT2D eigenvalue weighted by Crippen LogP contribution is -2.20. The van der Waals surface area contributed by atoms with Crippen molar-refractivity contribution in [2.24, 2.45) is 5.16 Å². The zero-order valence-electron chi connectivity index (χ0n) is 13.9. The Balaban J connectivity index is 2.50. The molecule has 0 radical (unpaired) electrons. The summed E-state index contributed by atoms with van der Waals surface area (Å²) in [6.45, 7) is 0. The highest BCUT2D eigenvalue weighted by Gasteiger charge is 2.26. The van der Waals surface area contributed by atoms with Crippen LogP contribution in [-0.2, 0) is 19.4 Å². The predicted molar refractivity (Wildman–Crippen MR) is 99.8 cm³/mol. The Hall–Kier alpha value is -2.09. The Kier molecular flexibility index (Phi) is 6.63. The molecule has 6 nitrogen and oxygen atoms in total. The van der Waals surface area contributed by atoms with Crippen LogP contribution >= 0.6 is 23.2 Å². The summed E-state index contributed by atoms with van der Waals surface area (Å²) < 4.78 is 30.4. The van der Waals surface area contributed by atoms with Crippen LogP contribution in [0.15, 0.2) is 52.5 Å². The second kappa shape index (κ2) is 8.53. The van der Waals surface area contributed by atoms with Crippen LogP contribution in [-0.4, -0.2) is 40.1 Å². The maximum absolute atomic E-state index is 12.9. The van der Waals surface area contributed by atoms with Crippen LogP contribution in [0.25, 0.3) is 0 Å². The fourth-order valence-corrected chi connectivity index (χ4v) is 4.27. The summed E-state index contributed by atoms with van der Waals surface area (Å²) in [5.74, 6) is -1.28. The van der Waals surface area contributed by atoms with Crippen molar-refractivity contribution in [2.75, 3.05) is 20.0 Å². The van der Waals surface area contributed by atoms with E-state index < -0.39 is 21.6 Å². The van der Waals surface area contributed by atoms with Crippen molar-refractivity contribution in [3.8, 4) is 0 Å². The van der Waals surface area contributed by atoms with Gasteiger partial charge in [-0.2, -0.15) is 0 Å². The number of hydrogen-bond donors (Lipinski definition) is 0. The molecular formula is C17H15Cl2NO5S. The van der Waals surface area contributed by atoms with E-state index in [1.807, 2.05) is 0 Å². The molecule has 0 saturated heterocycles. The molecule has 2 aromatic rings. The van der Waals surface area contributed by atoms with E-state index in [2.05, 4.69) is 9.89 Å². The number of oxime groups is 1. The number of ether oxygens (including phenoxy) is 1. The molecule has 0 N–H and O–H groups in total. The maximum atomic E-state index is 12.9. The van der Waals surface area contributed by atoms with Crippen LogP contribution < -0.4 is 0 Å². The number of nitrogens with zero attached hydrogens (tertiary/aromatic N) is 1. The Morgan fingerprint density at radius 2 is 1.77 bits per heavy atom. The highest BCUT2D eigenvalue weighted by molar-refractivity contribution is 7.92. The third kappa shape index (κ3) is 4.55. The Morgan fingerprint density at radius 3 is 2.38 bits per heavy atom. The highest BCUT2D eigenvalue weighted by atomic mass is 35.5. The van der Waals surface area contributed by atoms with Crippen LogP contribution in [0.1, 0.15) is 15.9 Å². The summed E-state index contributed by atoms with van der Waals surface area (Å²) in [4.78, 5) is 16.5. The molecule has 0 aliphatic heterocycles. The van der Waals surface area contributed by atoms with Gasteiger partial charge < -0.3 is 9.57 Å². The molecule has 0 amide bonds. The van der Waals surface area contributed by atoms with E-state index in [1.165, 1.54) is 38.5 Å². The first kappa shape index (κ1) is 20.2. The topological polar surface area (TPSA) is 82.0 Å². The van der Waals surface area contributed by atoms with Gasteiger partial charge in [0.05, 0.1) is 22.6 Å². The minimum Gasteiger partial charge on any atom is -0.465 e. The van der Waals surface area contributed by atoms with Crippen LogP contribution in [0.2, 0.25) is 10.0 Å². The van der Waals surface area contributed by atoms with Gasteiger partial charge in [-0.1, -0.05) is 46.6 Å². The fourth-order valence-electron chi connectivity index (χ4n) is 2.26. The number of rotatable bonds is 6. The number of carbonyl (C=O) groups is 1. The van der Waals surface area contributed by atoms with Gasteiger partial charge in [0.15, 0.2) is 9.84 Å². The van der Waals surface area contributed by atoms with Crippen LogP contribution in [0.5, 0.6) is 0 Å². The van der Waals surface area contributed by atoms with Crippen LogP contribution in [0.4, 0.5) is 0 Å². The third-order valence-electron chi connectivity index (χ3n) is 3.40. The van der Waals surface area contributed by atoms with E-state index in [1.54, 1.807) is 18.2 Å². The summed E-state index contributed by atoms with van der Waals surface area (Å²) in [6, 6.07) is 10.3. The molecule has 9 heteroatoms. The number of carbonyl (C=O) groups excluding carboxylic acids is 1. The van der Waals surface area contributed by atoms with Gasteiger partial charge in [-0.3, -0.25) is 0 Å². The van der Waals surface area contributed by atoms with Gasteiger partial charge in [-0.25, -0.2) is 13.2 Å². The van der Waals surface area contributed by atoms with Crippen molar-refractivity contribution in [3.05, 3.63) is 63.6 Å². The molecule has 2 rings (SSSR count). The first-order valence-electron chi connectivity index (χ1n) is 7.25. The summed E-state index contributed by atoms with van der Waals surface area (Å²) in [7, 11) is -1.48. The second-order valence-corrected chi connectivity index (χ2v) is 7.89. The van der Waals surface area contributed by atoms with E-state index in [0.29, 0.717) is 10.6 Å². The average Bonchev–Trinajstić information content (AvgIpc) is 2.60. The first-order chi connectivity index (χ1) is 12.3. The molecule has 0 saturated carbocycles. The lowest BCUT2D eigenvalue weighted by molar-refractivity contribution is 0.0596. The summed E-state index contributed by atoms with van der Waals surface area (Å²) in [5.41, 5.74) is 0.375. The number of sulfone groups is 1. The van der Waals surface area contributed by atoms with Crippen LogP contribution in [0.3, 0.4) is 0 Å². The summed E-state index contributed by atoms with van der Waals surface area (Å²) in [5, 5.41) is 4.41. The summed E-state index contributed by atoms with van der Waals surface area (Å²) in [6.07, 6.45) is 0. The molecule has 2 aromatic carbocycles. The number of halogens is 2. The van der Waals surface area contributed by atoms with E-state index in [4.69, 9.17) is 28.0 Å². The van der Waals surface area contributed by atoms with Crippen molar-refractivity contribution in [2.45, 2.75) is 4.90 Å². The first-order valence-corrected chi connectivity index (χ1v) is 9.66. The van der Waals surface area contributed by atoms with Gasteiger partial charge in [-0.15, -0.1) is 0 Å². The largest absolute Gasteiger partial charge is 0.465 e. The van der Waals surface area contributed by atoms with Gasteiger partial charge in [0, 0.05) is 10.6 Å². The van der Waals surface area contributed by atoms with Crippen molar-refractivity contribution >= 4 is 44.7 Å². The third-order valence-corrected chi connectivity index (χ3v) is 5.63. The van der Waals surface area contributed by atoms with Gasteiger partial charge >= 0.3 is 5.97 Å². The zero-order valence-corrected chi connectivity index (χ0v) is 16.2. The molecule has 0 spiro atoms. The lowest BCUT2D eigenvalue weighted by atomic mass is 10.1. The Bertz CT molecular complexity index is 957. The standard InChI is InChI=1S/C17H15Cl2NO5S/c1-24-17(21)13-5-3-4-6-16(13)26(22,23)10-15(20-25-2)12-8-7-11(18)9-14(12)19/h3-9H,10H2,1-2H3/b20-15+. The predicted octanol–water partition coefficient (Wildman–Crippen LogP) is 3.60. The number of esters is 1. The van der Waals surface area contributed by atoms with E-state index >= 15 is 0 Å². The van der Waals surface area contributed by atoms with Crippen molar-refractivity contribution in [1.82, 2.24) is 0 Å². The number of methoxy groups -OCH3 is 1. The molecule has 0 heterocycles. The Morgan fingerprint density at radius 1 is 1.08 bits per heavy atom. The molecule has 0 bridgehead atoms. The molecule has 0 aromatic heterocycles. The van der Waals surface area contributed by atoms with Gasteiger partial charge in [0.25, 0.3) is 0 Å². The normalized spacial score (nSPS) is 11.9. The zero-order chi connectivity index (χ0) is 19.3. The average molecular weight is 416 g/mol. The van der Waals surface area contributed by atoms with E-state index in [-0.39, 0.29) is 21.2 Å². The molecule has 26 heavy (non-hydrogen) atoms. The highest BCUT2D eigenvalue weighted by Crippen LogP contribution is 2.24. The smallest absolute Gasteiger partial charge is 0.339 e. The lowest BCUT2D eigenvalue weighted by Gasteiger charge is -2.12. The monoisotopic (exact) mass is 415 g/mol.